The number of hydrogen-bond donors (Lipinski definition) is 1. The molecule has 6 heteroatoms. The first-order valence-electron chi connectivity index (χ1n) is 9.75. The van der Waals surface area contributed by atoms with Crippen molar-refractivity contribution in [3.8, 4) is 5.75 Å². The van der Waals surface area contributed by atoms with Crippen LogP contribution in [0.2, 0.25) is 0 Å². The Kier molecular flexibility index (Phi) is 6.79. The molecule has 150 valence electrons. The van der Waals surface area contributed by atoms with Gasteiger partial charge in [0, 0.05) is 25.0 Å². The molecule has 1 N–H and O–H groups in total. The molecule has 0 bridgehead atoms. The Balaban J connectivity index is 1.70. The zero-order chi connectivity index (χ0) is 20.6. The number of nitrogens with zero attached hydrogens (tertiary/aromatic N) is 3. The van der Waals surface area contributed by atoms with E-state index >= 15 is 0 Å². The maximum absolute atomic E-state index is 12.9. The quantitative estimate of drug-likeness (QED) is 0.605. The van der Waals surface area contributed by atoms with Crippen LogP contribution in [-0.2, 0) is 6.54 Å². The smallest absolute Gasteiger partial charge is 0.272 e. The number of carbonyl (C=O) groups is 1. The number of benzene rings is 2. The second-order valence-electron chi connectivity index (χ2n) is 6.89. The molecule has 1 amide bonds. The van der Waals surface area contributed by atoms with Crippen LogP contribution in [0, 0.1) is 0 Å². The highest BCUT2D eigenvalue weighted by atomic mass is 16.5. The standard InChI is InChI=1S/C23H26N4O2/c1-4-27(16-18-8-6-5-7-9-18)22(28)21-14-15-24-23(26-21)25-19-10-12-20(13-11-19)29-17(2)3/h5-15,17H,4,16H2,1-3H3,(H,24,25,26). The van der Waals surface area contributed by atoms with E-state index in [1.165, 1.54) is 0 Å². The van der Waals surface area contributed by atoms with Crippen molar-refractivity contribution >= 4 is 17.5 Å². The summed E-state index contributed by atoms with van der Waals surface area (Å²) in [6, 6.07) is 19.1. The van der Waals surface area contributed by atoms with E-state index < -0.39 is 0 Å². The van der Waals surface area contributed by atoms with Crippen LogP contribution in [0.5, 0.6) is 5.75 Å². The van der Waals surface area contributed by atoms with Crippen LogP contribution in [-0.4, -0.2) is 33.4 Å². The fourth-order valence-corrected chi connectivity index (χ4v) is 2.85. The van der Waals surface area contributed by atoms with Gasteiger partial charge in [0.2, 0.25) is 5.95 Å². The third kappa shape index (κ3) is 5.78. The van der Waals surface area contributed by atoms with Gasteiger partial charge in [0.15, 0.2) is 0 Å². The van der Waals surface area contributed by atoms with Crippen molar-refractivity contribution in [3.05, 3.63) is 78.1 Å². The number of amides is 1. The van der Waals surface area contributed by atoms with Gasteiger partial charge in [0.05, 0.1) is 6.10 Å². The number of hydrogen-bond acceptors (Lipinski definition) is 5. The predicted octanol–water partition coefficient (Wildman–Crippen LogP) is 4.67. The molecular weight excluding hydrogens is 364 g/mol. The van der Waals surface area contributed by atoms with Crippen LogP contribution in [0.15, 0.2) is 66.9 Å². The highest BCUT2D eigenvalue weighted by molar-refractivity contribution is 5.92. The molecule has 0 aliphatic heterocycles. The minimum Gasteiger partial charge on any atom is -0.491 e. The Morgan fingerprint density at radius 1 is 1.07 bits per heavy atom. The van der Waals surface area contributed by atoms with E-state index in [1.807, 2.05) is 75.4 Å². The molecule has 0 fully saturated rings. The number of nitrogens with one attached hydrogen (secondary N) is 1. The second kappa shape index (κ2) is 9.68. The Hall–Kier alpha value is -3.41. The summed E-state index contributed by atoms with van der Waals surface area (Å²) in [4.78, 5) is 23.3. The summed E-state index contributed by atoms with van der Waals surface area (Å²) in [5.74, 6) is 1.06. The lowest BCUT2D eigenvalue weighted by Gasteiger charge is -2.20. The summed E-state index contributed by atoms with van der Waals surface area (Å²) >= 11 is 0. The zero-order valence-electron chi connectivity index (χ0n) is 17.0. The van der Waals surface area contributed by atoms with Crippen molar-refractivity contribution in [1.29, 1.82) is 0 Å². The highest BCUT2D eigenvalue weighted by Gasteiger charge is 2.16. The van der Waals surface area contributed by atoms with E-state index in [1.54, 1.807) is 17.2 Å². The van der Waals surface area contributed by atoms with Crippen LogP contribution in [0.4, 0.5) is 11.6 Å². The first-order chi connectivity index (χ1) is 14.0. The summed E-state index contributed by atoms with van der Waals surface area (Å²) in [6.45, 7) is 7.07. The normalized spacial score (nSPS) is 10.6. The van der Waals surface area contributed by atoms with Gasteiger partial charge in [-0.05, 0) is 56.7 Å². The molecule has 3 aromatic rings. The largest absolute Gasteiger partial charge is 0.491 e. The van der Waals surface area contributed by atoms with Crippen molar-refractivity contribution in [1.82, 2.24) is 14.9 Å². The van der Waals surface area contributed by atoms with Crippen LogP contribution >= 0.6 is 0 Å². The lowest BCUT2D eigenvalue weighted by Crippen LogP contribution is -2.31. The highest BCUT2D eigenvalue weighted by Crippen LogP contribution is 2.19. The van der Waals surface area contributed by atoms with E-state index in [0.717, 1.165) is 17.0 Å². The third-order valence-corrected chi connectivity index (χ3v) is 4.24. The van der Waals surface area contributed by atoms with E-state index in [0.29, 0.717) is 24.7 Å². The average Bonchev–Trinajstić information content (AvgIpc) is 2.73. The number of anilines is 2. The van der Waals surface area contributed by atoms with Gasteiger partial charge in [-0.3, -0.25) is 4.79 Å². The van der Waals surface area contributed by atoms with Crippen molar-refractivity contribution in [2.24, 2.45) is 0 Å². The Morgan fingerprint density at radius 3 is 2.45 bits per heavy atom. The fourth-order valence-electron chi connectivity index (χ4n) is 2.85. The molecule has 1 heterocycles. The Bertz CT molecular complexity index is 927. The molecule has 0 atom stereocenters. The first-order valence-corrected chi connectivity index (χ1v) is 9.75. The fraction of sp³-hybridized carbons (Fsp3) is 0.261. The van der Waals surface area contributed by atoms with Gasteiger partial charge < -0.3 is 15.0 Å². The molecule has 2 aromatic carbocycles. The number of carbonyl (C=O) groups excluding carboxylic acids is 1. The van der Waals surface area contributed by atoms with Gasteiger partial charge in [-0.25, -0.2) is 9.97 Å². The van der Waals surface area contributed by atoms with Crippen LogP contribution in [0.1, 0.15) is 36.8 Å². The monoisotopic (exact) mass is 390 g/mol. The SMILES string of the molecule is CCN(Cc1ccccc1)C(=O)c1ccnc(Nc2ccc(OC(C)C)cc2)n1. The molecule has 6 nitrogen and oxygen atoms in total. The number of ether oxygens (including phenoxy) is 1. The summed E-state index contributed by atoms with van der Waals surface area (Å²) in [5.41, 5.74) is 2.26. The first kappa shape index (κ1) is 20.3. The average molecular weight is 390 g/mol. The Morgan fingerprint density at radius 2 is 1.79 bits per heavy atom. The molecule has 0 spiro atoms. The van der Waals surface area contributed by atoms with Crippen molar-refractivity contribution in [2.45, 2.75) is 33.4 Å². The van der Waals surface area contributed by atoms with Gasteiger partial charge in [0.25, 0.3) is 5.91 Å². The van der Waals surface area contributed by atoms with Gasteiger partial charge in [-0.1, -0.05) is 30.3 Å². The lowest BCUT2D eigenvalue weighted by atomic mass is 10.2. The topological polar surface area (TPSA) is 67.4 Å². The lowest BCUT2D eigenvalue weighted by molar-refractivity contribution is 0.0746. The minimum absolute atomic E-state index is 0.122. The third-order valence-electron chi connectivity index (χ3n) is 4.24. The molecule has 0 aliphatic carbocycles. The maximum atomic E-state index is 12.9. The molecule has 0 radical (unpaired) electrons. The van der Waals surface area contributed by atoms with Gasteiger partial charge >= 0.3 is 0 Å². The molecule has 29 heavy (non-hydrogen) atoms. The summed E-state index contributed by atoms with van der Waals surface area (Å²) in [5, 5.41) is 3.14. The molecule has 0 saturated heterocycles. The van der Waals surface area contributed by atoms with Crippen LogP contribution in [0.3, 0.4) is 0 Å². The minimum atomic E-state index is -0.123. The van der Waals surface area contributed by atoms with E-state index in [4.69, 9.17) is 4.74 Å². The summed E-state index contributed by atoms with van der Waals surface area (Å²) in [7, 11) is 0. The molecule has 0 aliphatic rings. The molecular formula is C23H26N4O2. The summed E-state index contributed by atoms with van der Waals surface area (Å²) < 4.78 is 5.65. The molecule has 0 unspecified atom stereocenters. The Labute approximate surface area is 171 Å². The van der Waals surface area contributed by atoms with E-state index in [2.05, 4.69) is 15.3 Å². The zero-order valence-corrected chi connectivity index (χ0v) is 17.0. The van der Waals surface area contributed by atoms with E-state index in [9.17, 15) is 4.79 Å². The number of rotatable bonds is 8. The van der Waals surface area contributed by atoms with Crippen molar-refractivity contribution in [3.63, 3.8) is 0 Å². The van der Waals surface area contributed by atoms with Crippen molar-refractivity contribution < 1.29 is 9.53 Å². The summed E-state index contributed by atoms with van der Waals surface area (Å²) in [6.07, 6.45) is 1.71. The molecule has 3 rings (SSSR count). The molecule has 0 saturated carbocycles. The van der Waals surface area contributed by atoms with Gasteiger partial charge in [-0.15, -0.1) is 0 Å². The van der Waals surface area contributed by atoms with Crippen LogP contribution < -0.4 is 10.1 Å². The maximum Gasteiger partial charge on any atom is 0.272 e. The van der Waals surface area contributed by atoms with Gasteiger partial charge in [-0.2, -0.15) is 0 Å². The second-order valence-corrected chi connectivity index (χ2v) is 6.89. The molecule has 1 aromatic heterocycles. The van der Waals surface area contributed by atoms with Gasteiger partial charge in [0.1, 0.15) is 11.4 Å². The van der Waals surface area contributed by atoms with Crippen LogP contribution in [0.25, 0.3) is 0 Å². The number of aromatic nitrogens is 2. The predicted molar refractivity (Wildman–Crippen MR) is 114 cm³/mol. The van der Waals surface area contributed by atoms with E-state index in [-0.39, 0.29) is 12.0 Å². The van der Waals surface area contributed by atoms with Crippen molar-refractivity contribution in [2.75, 3.05) is 11.9 Å².